The van der Waals surface area contributed by atoms with Crippen molar-refractivity contribution in [3.05, 3.63) is 72.2 Å². The number of benzene rings is 2. The molecule has 0 unspecified atom stereocenters. The number of cyclic esters (lactones) is 2. The topological polar surface area (TPSA) is 309 Å². The average Bonchev–Trinajstić information content (AvgIpc) is 3.41. The fourth-order valence-corrected chi connectivity index (χ4v) is 11.6. The zero-order chi connectivity index (χ0) is 57.4. The smallest absolute Gasteiger partial charge is 0.329 e. The van der Waals surface area contributed by atoms with E-state index in [1.54, 1.807) is 82.5 Å². The zero-order valence-corrected chi connectivity index (χ0v) is 46.7. The van der Waals surface area contributed by atoms with Crippen LogP contribution in [0.5, 0.6) is 5.75 Å². The number of hydrogen-bond donors (Lipinski definition) is 5. The summed E-state index contributed by atoms with van der Waals surface area (Å²) in [6.45, 7) is 7.53. The molecule has 2 bridgehead atoms. The van der Waals surface area contributed by atoms with Crippen LogP contribution in [0.15, 0.2) is 60.8 Å². The number of para-hydroxylation sites is 3. The summed E-state index contributed by atoms with van der Waals surface area (Å²) in [7, 11) is 5.26. The number of aromatic nitrogens is 3. The Morgan fingerprint density at radius 1 is 0.679 bits per heavy atom. The van der Waals surface area contributed by atoms with Crippen molar-refractivity contribution in [2.75, 3.05) is 53.4 Å². The number of nitrogens with zero attached hydrogens (tertiary/aromatic N) is 7. The van der Waals surface area contributed by atoms with E-state index in [9.17, 15) is 43.5 Å². The number of fused-ring (bicyclic) bond motifs is 6. The van der Waals surface area contributed by atoms with Crippen LogP contribution in [0.4, 0.5) is 0 Å². The van der Waals surface area contributed by atoms with Crippen molar-refractivity contribution in [3.63, 3.8) is 0 Å². The zero-order valence-electron chi connectivity index (χ0n) is 45.0. The maximum atomic E-state index is 15.2. The highest BCUT2D eigenvalue weighted by Crippen LogP contribution is 2.32. The van der Waals surface area contributed by atoms with Crippen molar-refractivity contribution in [2.24, 2.45) is 11.8 Å². The second kappa shape index (κ2) is 25.7. The summed E-state index contributed by atoms with van der Waals surface area (Å²) in [5, 5.41) is 21.5. The summed E-state index contributed by atoms with van der Waals surface area (Å²) < 4.78 is 10.5. The molecule has 0 radical (unpaired) electrons. The van der Waals surface area contributed by atoms with E-state index >= 15 is 9.59 Å². The van der Waals surface area contributed by atoms with Crippen LogP contribution in [-0.2, 0) is 47.8 Å². The Hall–Kier alpha value is -7.61. The molecule has 2 saturated heterocycles. The van der Waals surface area contributed by atoms with E-state index in [1.165, 1.54) is 54.3 Å². The van der Waals surface area contributed by atoms with Crippen LogP contribution >= 0.6 is 23.5 Å². The lowest BCUT2D eigenvalue weighted by atomic mass is 10.0. The molecule has 2 aliphatic rings. The molecule has 26 heteroatoms. The molecule has 0 saturated carbocycles. The molecular formula is C52H65N11O13S2. The Labute approximate surface area is 458 Å². The fraction of sp³-hybridized carbons (Fsp3) is 0.481. The van der Waals surface area contributed by atoms with Crippen LogP contribution in [0.1, 0.15) is 62.5 Å². The highest BCUT2D eigenvalue weighted by molar-refractivity contribution is 8.16. The number of nitrogens with one attached hydrogen (secondary N) is 4. The first-order chi connectivity index (χ1) is 36.9. The van der Waals surface area contributed by atoms with Gasteiger partial charge >= 0.3 is 11.9 Å². The van der Waals surface area contributed by atoms with Gasteiger partial charge in [-0.15, -0.1) is 23.5 Å². The van der Waals surface area contributed by atoms with Crippen LogP contribution < -0.4 is 21.3 Å². The van der Waals surface area contributed by atoms with E-state index < -0.39 is 149 Å². The lowest BCUT2D eigenvalue weighted by Crippen LogP contribution is -2.60. The van der Waals surface area contributed by atoms with Crippen LogP contribution in [0.3, 0.4) is 0 Å². The lowest BCUT2D eigenvalue weighted by molar-refractivity contribution is -0.160. The molecule has 8 amide bonds. The molecule has 418 valence electrons. The minimum atomic E-state index is -1.75. The molecular weight excluding hydrogens is 1050 g/mol. The van der Waals surface area contributed by atoms with E-state index in [4.69, 9.17) is 9.47 Å². The van der Waals surface area contributed by atoms with Gasteiger partial charge in [-0.25, -0.2) is 19.6 Å². The monoisotopic (exact) mass is 1120 g/mol. The van der Waals surface area contributed by atoms with Crippen LogP contribution in [0.25, 0.3) is 21.9 Å². The molecule has 0 aliphatic carbocycles. The maximum Gasteiger partial charge on any atom is 0.329 e. The molecule has 2 aromatic heterocycles. The number of rotatable bonds is 7. The van der Waals surface area contributed by atoms with Gasteiger partial charge in [0.25, 0.3) is 11.8 Å². The van der Waals surface area contributed by atoms with Gasteiger partial charge in [0.2, 0.25) is 35.4 Å². The van der Waals surface area contributed by atoms with Crippen LogP contribution in [-0.4, -0.2) is 205 Å². The van der Waals surface area contributed by atoms with Gasteiger partial charge in [-0.3, -0.25) is 43.3 Å². The SMILES string of the molecule is CS[C@H]1SC[C@H]2C(=O)N(C)[C@@H](C(C)C)C(=O)OC[C@@H](NC(=O)c3nc4ccccc4cc3O)C(=O)N[C@@H](C)C(=O)N(C)[C@@H]1C(=O)N(C)[C@@H](C(C)C)C(=O)OC[C@@H](NC(=O)c1cnc3ccccc3n1)C(=O)N[C@@H](C)C(=O)N2C. The largest absolute Gasteiger partial charge is 0.505 e. The predicted molar refractivity (Wildman–Crippen MR) is 288 cm³/mol. The maximum absolute atomic E-state index is 15.2. The fourth-order valence-electron chi connectivity index (χ4n) is 9.08. The van der Waals surface area contributed by atoms with Crippen molar-refractivity contribution in [2.45, 2.75) is 94.5 Å². The van der Waals surface area contributed by atoms with Crippen LogP contribution in [0, 0.1) is 11.8 Å². The number of pyridine rings is 1. The predicted octanol–water partition coefficient (Wildman–Crippen LogP) is 0.946. The number of carbonyl (C=O) groups excluding carboxylic acids is 10. The lowest BCUT2D eigenvalue weighted by Gasteiger charge is -2.40. The Bertz CT molecular complexity index is 2980. The van der Waals surface area contributed by atoms with Crippen LogP contribution in [0.2, 0.25) is 0 Å². The van der Waals surface area contributed by atoms with Gasteiger partial charge in [-0.1, -0.05) is 58.0 Å². The van der Waals surface area contributed by atoms with E-state index in [2.05, 4.69) is 36.2 Å². The summed E-state index contributed by atoms with van der Waals surface area (Å²) in [5.41, 5.74) is 0.545. The molecule has 78 heavy (non-hydrogen) atoms. The molecule has 4 heterocycles. The Morgan fingerprint density at radius 3 is 1.73 bits per heavy atom. The summed E-state index contributed by atoms with van der Waals surface area (Å²) >= 11 is 2.13. The number of carbonyl (C=O) groups is 10. The number of amides is 8. The second-order valence-electron chi connectivity index (χ2n) is 19.6. The number of aromatic hydroxyl groups is 1. The van der Waals surface area contributed by atoms with Gasteiger partial charge in [0.05, 0.1) is 27.3 Å². The average molecular weight is 1120 g/mol. The summed E-state index contributed by atoms with van der Waals surface area (Å²) in [6, 6.07) is 2.71. The van der Waals surface area contributed by atoms with E-state index in [-0.39, 0.29) is 11.4 Å². The van der Waals surface area contributed by atoms with Gasteiger partial charge < -0.3 is 55.4 Å². The molecule has 0 spiro atoms. The number of hydrogen-bond acceptors (Lipinski definition) is 18. The van der Waals surface area contributed by atoms with Crippen molar-refractivity contribution < 1.29 is 62.5 Å². The molecule has 2 aliphatic heterocycles. The van der Waals surface area contributed by atoms with E-state index in [0.29, 0.717) is 21.9 Å². The standard InChI is InChI=1S/C52H65N11O13S2/c1-25(2)39-50(73)76-23-35(59-45(68)38-37(64)20-29-16-12-13-17-30(29)57-38)44(67)55-28(6)47(70)63(10)41-49(72)62(9)40(26(3)4)51(74)75-22-34(58-42(65)33-21-53-31-18-14-15-19-32(31)56-33)43(66)54-27(5)46(69)60(7)36(48(71)61(39)8)24-78-52(41)77-11/h12-21,25-28,34-36,39-41,52,64H,22-24H2,1-11H3,(H,54,66)(H,55,67)(H,58,65)(H,59,68)/t27-,28-,34+,35+,36-,39-,40-,41+,52-/m0/s1. The summed E-state index contributed by atoms with van der Waals surface area (Å²) in [4.78, 5) is 162. The van der Waals surface area contributed by atoms with Crippen molar-refractivity contribution in [3.8, 4) is 5.75 Å². The quantitative estimate of drug-likeness (QED) is 0.161. The molecule has 6 rings (SSSR count). The first-order valence-electron chi connectivity index (χ1n) is 24.9. The summed E-state index contributed by atoms with van der Waals surface area (Å²) in [5.74, 6) is -11.3. The summed E-state index contributed by atoms with van der Waals surface area (Å²) in [6.07, 6.45) is 2.84. The molecule has 24 nitrogen and oxygen atoms in total. The minimum Gasteiger partial charge on any atom is -0.505 e. The van der Waals surface area contributed by atoms with E-state index in [1.807, 2.05) is 0 Å². The van der Waals surface area contributed by atoms with Crippen molar-refractivity contribution in [1.82, 2.24) is 55.8 Å². The Morgan fingerprint density at radius 2 is 1.18 bits per heavy atom. The van der Waals surface area contributed by atoms with E-state index in [0.717, 1.165) is 43.1 Å². The highest BCUT2D eigenvalue weighted by atomic mass is 32.2. The first kappa shape index (κ1) is 59.6. The minimum absolute atomic E-state index is 0.188. The number of ether oxygens (including phenoxy) is 2. The number of thioether (sulfide) groups is 2. The normalized spacial score (nSPS) is 25.2. The molecule has 2 fully saturated rings. The van der Waals surface area contributed by atoms with Crippen molar-refractivity contribution in [1.29, 1.82) is 0 Å². The first-order valence-corrected chi connectivity index (χ1v) is 27.3. The van der Waals surface area contributed by atoms with Gasteiger partial charge in [-0.05, 0) is 56.2 Å². The third-order valence-electron chi connectivity index (χ3n) is 13.4. The molecule has 2 aromatic carbocycles. The third kappa shape index (κ3) is 13.4. The Kier molecular flexibility index (Phi) is 19.6. The number of likely N-dealkylation sites (N-methyl/N-ethyl adjacent to an activating group) is 4. The Balaban J connectivity index is 1.43. The van der Waals surface area contributed by atoms with Gasteiger partial charge in [0.15, 0.2) is 5.69 Å². The van der Waals surface area contributed by atoms with Gasteiger partial charge in [0, 0.05) is 39.3 Å². The number of esters is 2. The van der Waals surface area contributed by atoms with Gasteiger partial charge in [-0.2, -0.15) is 0 Å². The molecule has 9 atom stereocenters. The highest BCUT2D eigenvalue weighted by Gasteiger charge is 2.45. The van der Waals surface area contributed by atoms with Crippen molar-refractivity contribution >= 4 is 105 Å². The molecule has 5 N–H and O–H groups in total. The second-order valence-corrected chi connectivity index (χ2v) is 22.1. The van der Waals surface area contributed by atoms with Gasteiger partial charge in [0.1, 0.15) is 73.0 Å². The molecule has 4 aromatic rings. The third-order valence-corrected chi connectivity index (χ3v) is 16.2.